The molecule has 0 aliphatic rings. The van der Waals surface area contributed by atoms with Gasteiger partial charge in [-0.15, -0.1) is 0 Å². The summed E-state index contributed by atoms with van der Waals surface area (Å²) in [5, 5.41) is 0.481. The first-order valence-electron chi connectivity index (χ1n) is 4.66. The highest BCUT2D eigenvalue weighted by Crippen LogP contribution is 2.10. The van der Waals surface area contributed by atoms with Crippen molar-refractivity contribution in [1.29, 1.82) is 0 Å². The van der Waals surface area contributed by atoms with Crippen molar-refractivity contribution in [2.75, 3.05) is 0 Å². The third kappa shape index (κ3) is 1.86. The zero-order valence-corrected chi connectivity index (χ0v) is 8.34. The summed E-state index contributed by atoms with van der Waals surface area (Å²) < 4.78 is 5.25. The van der Waals surface area contributed by atoms with Crippen LogP contribution in [-0.4, -0.2) is 5.91 Å². The van der Waals surface area contributed by atoms with Gasteiger partial charge in [0.15, 0.2) is 5.43 Å². The molecule has 2 rings (SSSR count). The fourth-order valence-electron chi connectivity index (χ4n) is 1.38. The van der Waals surface area contributed by atoms with E-state index in [0.717, 1.165) is 6.08 Å². The van der Waals surface area contributed by atoms with Crippen molar-refractivity contribution >= 4 is 23.0 Å². The summed E-state index contributed by atoms with van der Waals surface area (Å²) in [7, 11) is 0. The van der Waals surface area contributed by atoms with E-state index in [-0.39, 0.29) is 5.43 Å². The molecule has 2 aromatic rings. The van der Waals surface area contributed by atoms with Crippen LogP contribution in [0.25, 0.3) is 17.0 Å². The van der Waals surface area contributed by atoms with Crippen LogP contribution >= 0.6 is 0 Å². The summed E-state index contributed by atoms with van der Waals surface area (Å²) in [4.78, 5) is 22.4. The van der Waals surface area contributed by atoms with Crippen LogP contribution in [0.2, 0.25) is 0 Å². The number of hydrogen-bond acceptors (Lipinski definition) is 3. The monoisotopic (exact) mass is 215 g/mol. The number of para-hydroxylation sites is 1. The van der Waals surface area contributed by atoms with E-state index in [4.69, 9.17) is 10.2 Å². The van der Waals surface area contributed by atoms with E-state index in [1.54, 1.807) is 24.3 Å². The number of rotatable bonds is 2. The maximum atomic E-state index is 11.9. The van der Waals surface area contributed by atoms with E-state index in [1.807, 2.05) is 0 Å². The Morgan fingerprint density at radius 3 is 2.81 bits per heavy atom. The van der Waals surface area contributed by atoms with Gasteiger partial charge in [0.25, 0.3) is 0 Å². The van der Waals surface area contributed by atoms with Crippen LogP contribution in [0.3, 0.4) is 0 Å². The summed E-state index contributed by atoms with van der Waals surface area (Å²) in [5.74, 6) is -0.604. The lowest BCUT2D eigenvalue weighted by atomic mass is 10.1. The summed E-state index contributed by atoms with van der Waals surface area (Å²) >= 11 is 0. The zero-order valence-electron chi connectivity index (χ0n) is 8.34. The van der Waals surface area contributed by atoms with Crippen molar-refractivity contribution in [3.05, 3.63) is 52.4 Å². The lowest BCUT2D eigenvalue weighted by molar-refractivity contribution is -0.113. The van der Waals surface area contributed by atoms with Gasteiger partial charge in [-0.1, -0.05) is 12.1 Å². The van der Waals surface area contributed by atoms with E-state index in [1.165, 1.54) is 12.3 Å². The molecule has 2 N–H and O–H groups in total. The third-order valence-corrected chi connectivity index (χ3v) is 2.13. The fourth-order valence-corrected chi connectivity index (χ4v) is 1.38. The number of benzene rings is 1. The minimum absolute atomic E-state index is 0.181. The maximum absolute atomic E-state index is 11.9. The molecular formula is C12H9NO3. The Balaban J connectivity index is 2.61. The van der Waals surface area contributed by atoms with Crippen LogP contribution in [0.15, 0.2) is 45.8 Å². The predicted octanol–water partition coefficient (Wildman–Crippen LogP) is 1.29. The highest BCUT2D eigenvalue weighted by atomic mass is 16.3. The number of primary amides is 1. The lowest BCUT2D eigenvalue weighted by Gasteiger charge is -1.96. The van der Waals surface area contributed by atoms with Crippen LogP contribution in [0, 0.1) is 0 Å². The molecule has 80 valence electrons. The molecule has 16 heavy (non-hydrogen) atoms. The highest BCUT2D eigenvalue weighted by Gasteiger charge is 2.03. The molecule has 0 bridgehead atoms. The van der Waals surface area contributed by atoms with Crippen molar-refractivity contribution in [3.8, 4) is 0 Å². The second-order valence-electron chi connectivity index (χ2n) is 3.25. The Hall–Kier alpha value is -2.36. The number of carbonyl (C=O) groups excluding carboxylic acids is 1. The van der Waals surface area contributed by atoms with Crippen LogP contribution in [0.1, 0.15) is 5.56 Å². The highest BCUT2D eigenvalue weighted by molar-refractivity contribution is 5.90. The van der Waals surface area contributed by atoms with Gasteiger partial charge in [-0.3, -0.25) is 9.59 Å². The second kappa shape index (κ2) is 4.02. The number of amides is 1. The average Bonchev–Trinajstić information content (AvgIpc) is 2.28. The van der Waals surface area contributed by atoms with Crippen molar-refractivity contribution in [2.24, 2.45) is 5.73 Å². The van der Waals surface area contributed by atoms with E-state index < -0.39 is 5.91 Å². The topological polar surface area (TPSA) is 73.3 Å². The predicted molar refractivity (Wildman–Crippen MR) is 60.7 cm³/mol. The molecule has 0 unspecified atom stereocenters. The number of hydrogen-bond donors (Lipinski definition) is 1. The first kappa shape index (κ1) is 10.2. The maximum Gasteiger partial charge on any atom is 0.241 e. The number of carbonyl (C=O) groups is 1. The Kier molecular flexibility index (Phi) is 2.55. The summed E-state index contributed by atoms with van der Waals surface area (Å²) in [5.41, 5.74) is 5.58. The molecule has 4 heteroatoms. The van der Waals surface area contributed by atoms with Crippen LogP contribution in [0.5, 0.6) is 0 Å². The zero-order chi connectivity index (χ0) is 11.5. The van der Waals surface area contributed by atoms with E-state index in [9.17, 15) is 9.59 Å². The van der Waals surface area contributed by atoms with Crippen molar-refractivity contribution in [1.82, 2.24) is 0 Å². The van der Waals surface area contributed by atoms with Gasteiger partial charge in [-0.2, -0.15) is 0 Å². The molecule has 0 fully saturated rings. The van der Waals surface area contributed by atoms with E-state index in [2.05, 4.69) is 0 Å². The van der Waals surface area contributed by atoms with Crippen molar-refractivity contribution in [2.45, 2.75) is 0 Å². The first-order valence-corrected chi connectivity index (χ1v) is 4.66. The standard InChI is InChI=1S/C12H9NO3/c13-11(14)6-5-8-7-16-10-4-2-1-3-9(10)12(8)15/h1-7H,(H2,13,14). The van der Waals surface area contributed by atoms with Gasteiger partial charge in [-0.05, 0) is 18.2 Å². The van der Waals surface area contributed by atoms with Gasteiger partial charge in [-0.25, -0.2) is 0 Å². The smallest absolute Gasteiger partial charge is 0.241 e. The molecule has 0 saturated heterocycles. The van der Waals surface area contributed by atoms with Crippen LogP contribution < -0.4 is 11.2 Å². The largest absolute Gasteiger partial charge is 0.463 e. The molecule has 0 spiro atoms. The number of fused-ring (bicyclic) bond motifs is 1. The van der Waals surface area contributed by atoms with Crippen molar-refractivity contribution < 1.29 is 9.21 Å². The Morgan fingerprint density at radius 2 is 2.06 bits per heavy atom. The van der Waals surface area contributed by atoms with Gasteiger partial charge in [0.2, 0.25) is 5.91 Å². The molecule has 0 aliphatic heterocycles. The summed E-state index contributed by atoms with van der Waals surface area (Å²) in [6, 6.07) is 6.91. The van der Waals surface area contributed by atoms with E-state index in [0.29, 0.717) is 16.5 Å². The molecule has 0 saturated carbocycles. The molecular weight excluding hydrogens is 206 g/mol. The molecule has 4 nitrogen and oxygen atoms in total. The first-order chi connectivity index (χ1) is 7.68. The molecule has 0 atom stereocenters. The Labute approximate surface area is 91.0 Å². The average molecular weight is 215 g/mol. The minimum Gasteiger partial charge on any atom is -0.463 e. The molecule has 0 aliphatic carbocycles. The van der Waals surface area contributed by atoms with Crippen LogP contribution in [-0.2, 0) is 4.79 Å². The Morgan fingerprint density at radius 1 is 1.31 bits per heavy atom. The normalized spacial score (nSPS) is 11.0. The second-order valence-corrected chi connectivity index (χ2v) is 3.25. The van der Waals surface area contributed by atoms with Gasteiger partial charge in [0.05, 0.1) is 10.9 Å². The molecule has 1 heterocycles. The SMILES string of the molecule is NC(=O)C=Cc1coc2ccccc2c1=O. The van der Waals surface area contributed by atoms with Gasteiger partial charge < -0.3 is 10.2 Å². The molecule has 1 aromatic carbocycles. The summed E-state index contributed by atoms with van der Waals surface area (Å²) in [6.45, 7) is 0. The van der Waals surface area contributed by atoms with Gasteiger partial charge in [0, 0.05) is 6.08 Å². The summed E-state index contributed by atoms with van der Waals surface area (Å²) in [6.07, 6.45) is 3.78. The van der Waals surface area contributed by atoms with Crippen LogP contribution in [0.4, 0.5) is 0 Å². The minimum atomic E-state index is -0.604. The van der Waals surface area contributed by atoms with E-state index >= 15 is 0 Å². The third-order valence-electron chi connectivity index (χ3n) is 2.13. The van der Waals surface area contributed by atoms with Gasteiger partial charge >= 0.3 is 0 Å². The Bertz CT molecular complexity index is 625. The quantitative estimate of drug-likeness (QED) is 0.767. The van der Waals surface area contributed by atoms with Gasteiger partial charge in [0.1, 0.15) is 11.8 Å². The molecule has 1 aromatic heterocycles. The fraction of sp³-hybridized carbons (Fsp3) is 0. The molecule has 0 radical (unpaired) electrons. The van der Waals surface area contributed by atoms with Crippen molar-refractivity contribution in [3.63, 3.8) is 0 Å². The lowest BCUT2D eigenvalue weighted by Crippen LogP contribution is -2.08. The number of nitrogens with two attached hydrogens (primary N) is 1. The molecule has 1 amide bonds.